The maximum Gasteiger partial charge on any atom is 0.253 e. The SMILES string of the molecule is COCCNC(=O)c1cccc2[nH]c(NCC3CCN(Cc4cc(Cl)ccc4O)CC3)nc12. The lowest BCUT2D eigenvalue weighted by Gasteiger charge is -2.32. The van der Waals surface area contributed by atoms with Gasteiger partial charge in [0.15, 0.2) is 0 Å². The summed E-state index contributed by atoms with van der Waals surface area (Å²) in [6, 6.07) is 10.7. The van der Waals surface area contributed by atoms with Crippen LogP contribution in [0.1, 0.15) is 28.8 Å². The van der Waals surface area contributed by atoms with Crippen molar-refractivity contribution in [1.29, 1.82) is 0 Å². The van der Waals surface area contributed by atoms with Gasteiger partial charge in [0.2, 0.25) is 5.95 Å². The Morgan fingerprint density at radius 3 is 2.91 bits per heavy atom. The molecule has 0 atom stereocenters. The molecule has 0 unspecified atom stereocenters. The number of hydrogen-bond acceptors (Lipinski definition) is 6. The molecular weight excluding hydrogens is 442 g/mol. The summed E-state index contributed by atoms with van der Waals surface area (Å²) >= 11 is 6.07. The van der Waals surface area contributed by atoms with Crippen molar-refractivity contribution in [3.63, 3.8) is 0 Å². The van der Waals surface area contributed by atoms with Crippen molar-refractivity contribution in [3.05, 3.63) is 52.5 Å². The topological polar surface area (TPSA) is 103 Å². The number of nitrogens with one attached hydrogen (secondary N) is 3. The van der Waals surface area contributed by atoms with Crippen LogP contribution < -0.4 is 10.6 Å². The number of phenols is 1. The van der Waals surface area contributed by atoms with Crippen LogP contribution in [0.3, 0.4) is 0 Å². The van der Waals surface area contributed by atoms with Crippen molar-refractivity contribution >= 4 is 34.5 Å². The van der Waals surface area contributed by atoms with E-state index in [9.17, 15) is 9.90 Å². The van der Waals surface area contributed by atoms with E-state index >= 15 is 0 Å². The Hall–Kier alpha value is -2.81. The number of fused-ring (bicyclic) bond motifs is 1. The van der Waals surface area contributed by atoms with Crippen LogP contribution >= 0.6 is 11.6 Å². The highest BCUT2D eigenvalue weighted by Crippen LogP contribution is 2.26. The molecule has 0 bridgehead atoms. The van der Waals surface area contributed by atoms with Crippen molar-refractivity contribution in [2.75, 3.05) is 45.2 Å². The molecule has 9 heteroatoms. The smallest absolute Gasteiger partial charge is 0.253 e. The highest BCUT2D eigenvalue weighted by Gasteiger charge is 2.21. The van der Waals surface area contributed by atoms with Gasteiger partial charge in [-0.25, -0.2) is 4.98 Å². The molecule has 4 rings (SSSR count). The average molecular weight is 472 g/mol. The summed E-state index contributed by atoms with van der Waals surface area (Å²) in [6.45, 7) is 4.36. The first-order valence-electron chi connectivity index (χ1n) is 11.2. The Morgan fingerprint density at radius 2 is 2.12 bits per heavy atom. The van der Waals surface area contributed by atoms with E-state index in [0.29, 0.717) is 53.4 Å². The predicted octanol–water partition coefficient (Wildman–Crippen LogP) is 3.62. The fraction of sp³-hybridized carbons (Fsp3) is 0.417. The molecule has 1 aromatic heterocycles. The molecule has 33 heavy (non-hydrogen) atoms. The Labute approximate surface area is 198 Å². The summed E-state index contributed by atoms with van der Waals surface area (Å²) in [7, 11) is 1.60. The number of carbonyl (C=O) groups is 1. The zero-order valence-electron chi connectivity index (χ0n) is 18.7. The number of phenolic OH excluding ortho intramolecular Hbond substituents is 1. The number of H-pyrrole nitrogens is 1. The number of aromatic hydroxyl groups is 1. The largest absolute Gasteiger partial charge is 0.508 e. The summed E-state index contributed by atoms with van der Waals surface area (Å²) in [5.41, 5.74) is 2.90. The van der Waals surface area contributed by atoms with Gasteiger partial charge in [0, 0.05) is 37.3 Å². The number of amides is 1. The first-order valence-corrected chi connectivity index (χ1v) is 11.6. The minimum absolute atomic E-state index is 0.159. The second kappa shape index (κ2) is 10.9. The summed E-state index contributed by atoms with van der Waals surface area (Å²) < 4.78 is 4.99. The van der Waals surface area contributed by atoms with Gasteiger partial charge in [0.1, 0.15) is 11.3 Å². The van der Waals surface area contributed by atoms with Crippen LogP contribution in [-0.4, -0.2) is 65.8 Å². The van der Waals surface area contributed by atoms with Gasteiger partial charge in [-0.1, -0.05) is 17.7 Å². The predicted molar refractivity (Wildman–Crippen MR) is 130 cm³/mol. The fourth-order valence-corrected chi connectivity index (χ4v) is 4.37. The number of anilines is 1. The van der Waals surface area contributed by atoms with Gasteiger partial charge in [0.05, 0.1) is 17.7 Å². The third-order valence-corrected chi connectivity index (χ3v) is 6.28. The molecule has 1 saturated heterocycles. The normalized spacial score (nSPS) is 15.1. The molecule has 2 heterocycles. The number of nitrogens with zero attached hydrogens (tertiary/aromatic N) is 2. The first kappa shape index (κ1) is 23.4. The van der Waals surface area contributed by atoms with Crippen LogP contribution in [0.25, 0.3) is 11.0 Å². The maximum atomic E-state index is 12.5. The molecule has 1 aliphatic rings. The standard InChI is InChI=1S/C24H30ClN5O3/c1-33-12-9-26-23(32)19-3-2-4-20-22(19)29-24(28-20)27-14-16-7-10-30(11-8-16)15-17-13-18(25)5-6-21(17)31/h2-6,13,16,31H,7-12,14-15H2,1H3,(H,26,32)(H2,27,28,29). The minimum Gasteiger partial charge on any atom is -0.508 e. The number of ether oxygens (including phenoxy) is 1. The highest BCUT2D eigenvalue weighted by molar-refractivity contribution is 6.30. The van der Waals surface area contributed by atoms with Gasteiger partial charge in [0.25, 0.3) is 5.91 Å². The Balaban J connectivity index is 1.30. The number of hydrogen-bond donors (Lipinski definition) is 4. The Bertz CT molecular complexity index is 1090. The van der Waals surface area contributed by atoms with Crippen molar-refractivity contribution in [3.8, 4) is 5.75 Å². The number of aromatic amines is 1. The molecule has 0 saturated carbocycles. The number of likely N-dealkylation sites (tertiary alicyclic amines) is 1. The molecule has 0 aliphatic carbocycles. The zero-order chi connectivity index (χ0) is 23.2. The van der Waals surface area contributed by atoms with E-state index in [4.69, 9.17) is 16.3 Å². The monoisotopic (exact) mass is 471 g/mol. The maximum absolute atomic E-state index is 12.5. The van der Waals surface area contributed by atoms with Crippen LogP contribution in [0, 0.1) is 5.92 Å². The van der Waals surface area contributed by atoms with Gasteiger partial charge >= 0.3 is 0 Å². The number of piperidine rings is 1. The van der Waals surface area contributed by atoms with Crippen LogP contribution in [0.2, 0.25) is 5.02 Å². The van der Waals surface area contributed by atoms with Gasteiger partial charge in [-0.05, 0) is 62.2 Å². The lowest BCUT2D eigenvalue weighted by atomic mass is 9.96. The molecule has 1 fully saturated rings. The Morgan fingerprint density at radius 1 is 1.30 bits per heavy atom. The summed E-state index contributed by atoms with van der Waals surface area (Å²) in [5, 5.41) is 17.0. The molecule has 8 nitrogen and oxygen atoms in total. The number of imidazole rings is 1. The molecule has 1 aliphatic heterocycles. The summed E-state index contributed by atoms with van der Waals surface area (Å²) in [6.07, 6.45) is 2.11. The summed E-state index contributed by atoms with van der Waals surface area (Å²) in [5.74, 6) is 1.33. The Kier molecular flexibility index (Phi) is 7.69. The number of para-hydroxylation sites is 1. The third-order valence-electron chi connectivity index (χ3n) is 6.05. The fourth-order valence-electron chi connectivity index (χ4n) is 4.17. The molecule has 1 amide bonds. The van der Waals surface area contributed by atoms with Gasteiger partial charge in [-0.3, -0.25) is 9.69 Å². The number of aromatic nitrogens is 2. The molecule has 0 spiro atoms. The highest BCUT2D eigenvalue weighted by atomic mass is 35.5. The van der Waals surface area contributed by atoms with Crippen LogP contribution in [0.5, 0.6) is 5.75 Å². The number of halogens is 1. The number of rotatable bonds is 9. The third kappa shape index (κ3) is 5.96. The number of methoxy groups -OCH3 is 1. The van der Waals surface area contributed by atoms with Crippen molar-refractivity contribution in [2.24, 2.45) is 5.92 Å². The molecule has 176 valence electrons. The van der Waals surface area contributed by atoms with E-state index in [1.165, 1.54) is 0 Å². The molecule has 2 aromatic carbocycles. The second-order valence-electron chi connectivity index (χ2n) is 8.41. The summed E-state index contributed by atoms with van der Waals surface area (Å²) in [4.78, 5) is 22.7. The van der Waals surface area contributed by atoms with E-state index < -0.39 is 0 Å². The van der Waals surface area contributed by atoms with Crippen LogP contribution in [0.4, 0.5) is 5.95 Å². The molecular formula is C24H30ClN5O3. The van der Waals surface area contributed by atoms with Gasteiger partial charge in [-0.15, -0.1) is 0 Å². The van der Waals surface area contributed by atoms with Gasteiger partial charge < -0.3 is 25.5 Å². The number of carbonyl (C=O) groups excluding carboxylic acids is 1. The molecule has 3 aromatic rings. The molecule has 4 N–H and O–H groups in total. The van der Waals surface area contributed by atoms with E-state index in [0.717, 1.165) is 43.6 Å². The van der Waals surface area contributed by atoms with E-state index in [-0.39, 0.29) is 5.91 Å². The lowest BCUT2D eigenvalue weighted by Crippen LogP contribution is -2.35. The van der Waals surface area contributed by atoms with E-state index in [1.807, 2.05) is 18.2 Å². The van der Waals surface area contributed by atoms with Gasteiger partial charge in [-0.2, -0.15) is 0 Å². The van der Waals surface area contributed by atoms with E-state index in [2.05, 4.69) is 25.5 Å². The first-order chi connectivity index (χ1) is 16.0. The molecule has 0 radical (unpaired) electrons. The van der Waals surface area contributed by atoms with Crippen molar-refractivity contribution in [1.82, 2.24) is 20.2 Å². The van der Waals surface area contributed by atoms with Crippen LogP contribution in [-0.2, 0) is 11.3 Å². The quantitative estimate of drug-likeness (QED) is 0.355. The second-order valence-corrected chi connectivity index (χ2v) is 8.85. The van der Waals surface area contributed by atoms with Crippen molar-refractivity contribution in [2.45, 2.75) is 19.4 Å². The number of benzene rings is 2. The zero-order valence-corrected chi connectivity index (χ0v) is 19.5. The van der Waals surface area contributed by atoms with Crippen LogP contribution in [0.15, 0.2) is 36.4 Å². The average Bonchev–Trinajstić information content (AvgIpc) is 3.24. The van der Waals surface area contributed by atoms with E-state index in [1.54, 1.807) is 25.3 Å². The van der Waals surface area contributed by atoms with Crippen molar-refractivity contribution < 1.29 is 14.6 Å². The minimum atomic E-state index is -0.159. The lowest BCUT2D eigenvalue weighted by molar-refractivity contribution is 0.0938.